The fraction of sp³-hybridized carbons (Fsp3) is 0.480. The molecule has 4 heteroatoms. The molecule has 0 bridgehead atoms. The summed E-state index contributed by atoms with van der Waals surface area (Å²) in [5.74, 6) is 0.461. The average molecular weight is 390 g/mol. The van der Waals surface area contributed by atoms with Gasteiger partial charge in [0, 0.05) is 44.2 Å². The number of nitrogens with zero attached hydrogens (tertiary/aromatic N) is 2. The Morgan fingerprint density at radius 2 is 1.86 bits per heavy atom. The lowest BCUT2D eigenvalue weighted by Gasteiger charge is -2.40. The number of rotatable bonds is 3. The lowest BCUT2D eigenvalue weighted by molar-refractivity contribution is 0.130. The van der Waals surface area contributed by atoms with Gasteiger partial charge in [-0.1, -0.05) is 61.5 Å². The van der Waals surface area contributed by atoms with Crippen LogP contribution in [-0.4, -0.2) is 41.5 Å². The third-order valence-electron chi connectivity index (χ3n) is 7.13. The van der Waals surface area contributed by atoms with Gasteiger partial charge in [0.15, 0.2) is 0 Å². The predicted octanol–water partition coefficient (Wildman–Crippen LogP) is 4.15. The lowest BCUT2D eigenvalue weighted by Crippen LogP contribution is -2.54. The van der Waals surface area contributed by atoms with E-state index in [0.29, 0.717) is 5.92 Å². The van der Waals surface area contributed by atoms with Crippen LogP contribution < -0.4 is 5.32 Å². The molecule has 2 aliphatic heterocycles. The molecule has 4 nitrogen and oxygen atoms in total. The standard InChI is InChI=1S/C25H31N3O/c1-19-15-27(16-20-7-3-2-4-8-20)14-11-23(19)26-24(29)28-17-21-9-5-6-10-22(21)25(18-28)12-13-25/h2-10,19,23H,11-18H2,1H3,(H,26,29). The van der Waals surface area contributed by atoms with Crippen LogP contribution in [0.3, 0.4) is 0 Å². The van der Waals surface area contributed by atoms with Crippen LogP contribution in [0.1, 0.15) is 42.9 Å². The second-order valence-corrected chi connectivity index (χ2v) is 9.34. The van der Waals surface area contributed by atoms with Gasteiger partial charge < -0.3 is 10.2 Å². The third kappa shape index (κ3) is 3.78. The van der Waals surface area contributed by atoms with Gasteiger partial charge in [0.1, 0.15) is 0 Å². The second-order valence-electron chi connectivity index (χ2n) is 9.34. The molecule has 3 aliphatic rings. The molecular formula is C25H31N3O. The van der Waals surface area contributed by atoms with Crippen molar-refractivity contribution in [2.24, 2.45) is 5.92 Å². The van der Waals surface area contributed by atoms with Crippen molar-refractivity contribution >= 4 is 6.03 Å². The first-order valence-corrected chi connectivity index (χ1v) is 11.0. The summed E-state index contributed by atoms with van der Waals surface area (Å²) < 4.78 is 0. The highest BCUT2D eigenvalue weighted by Gasteiger charge is 2.50. The molecular weight excluding hydrogens is 358 g/mol. The normalized spacial score (nSPS) is 25.5. The van der Waals surface area contributed by atoms with Gasteiger partial charge in [-0.3, -0.25) is 4.90 Å². The molecule has 2 aromatic carbocycles. The highest BCUT2D eigenvalue weighted by atomic mass is 16.2. The lowest BCUT2D eigenvalue weighted by atomic mass is 9.87. The number of nitrogens with one attached hydrogen (secondary N) is 1. The van der Waals surface area contributed by atoms with Gasteiger partial charge in [-0.15, -0.1) is 0 Å². The molecule has 1 spiro atoms. The molecule has 1 saturated carbocycles. The molecule has 2 unspecified atom stereocenters. The molecule has 152 valence electrons. The maximum Gasteiger partial charge on any atom is 0.317 e. The minimum Gasteiger partial charge on any atom is -0.335 e. The van der Waals surface area contributed by atoms with Gasteiger partial charge in [0.25, 0.3) is 0 Å². The molecule has 1 N–H and O–H groups in total. The topological polar surface area (TPSA) is 35.6 Å². The Kier molecular flexibility index (Phi) is 4.83. The van der Waals surface area contributed by atoms with E-state index in [1.807, 2.05) is 0 Å². The van der Waals surface area contributed by atoms with E-state index in [2.05, 4.69) is 76.6 Å². The zero-order chi connectivity index (χ0) is 19.8. The van der Waals surface area contributed by atoms with Crippen LogP contribution in [0.4, 0.5) is 4.79 Å². The molecule has 2 atom stereocenters. The minimum absolute atomic E-state index is 0.124. The van der Waals surface area contributed by atoms with E-state index in [1.165, 1.54) is 29.5 Å². The van der Waals surface area contributed by atoms with Gasteiger partial charge in [0.05, 0.1) is 0 Å². The summed E-state index contributed by atoms with van der Waals surface area (Å²) in [5, 5.41) is 3.38. The van der Waals surface area contributed by atoms with Gasteiger partial charge in [-0.05, 0) is 41.9 Å². The summed E-state index contributed by atoms with van der Waals surface area (Å²) in [6.07, 6.45) is 3.44. The number of fused-ring (bicyclic) bond motifs is 2. The number of hydrogen-bond acceptors (Lipinski definition) is 2. The number of hydrogen-bond donors (Lipinski definition) is 1. The fourth-order valence-corrected chi connectivity index (χ4v) is 5.29. The Balaban J connectivity index is 1.19. The van der Waals surface area contributed by atoms with Crippen LogP contribution >= 0.6 is 0 Å². The quantitative estimate of drug-likeness (QED) is 0.856. The largest absolute Gasteiger partial charge is 0.335 e. The molecule has 2 aromatic rings. The molecule has 2 fully saturated rings. The Morgan fingerprint density at radius 3 is 2.62 bits per heavy atom. The Bertz CT molecular complexity index is 877. The molecule has 5 rings (SSSR count). The van der Waals surface area contributed by atoms with E-state index >= 15 is 0 Å². The predicted molar refractivity (Wildman–Crippen MR) is 116 cm³/mol. The summed E-state index contributed by atoms with van der Waals surface area (Å²) in [6.45, 7) is 6.96. The molecule has 2 amide bonds. The third-order valence-corrected chi connectivity index (χ3v) is 7.13. The van der Waals surface area contributed by atoms with Crippen molar-refractivity contribution in [2.75, 3.05) is 19.6 Å². The van der Waals surface area contributed by atoms with Crippen molar-refractivity contribution < 1.29 is 4.79 Å². The molecule has 2 heterocycles. The minimum atomic E-state index is 0.124. The van der Waals surface area contributed by atoms with Gasteiger partial charge >= 0.3 is 6.03 Å². The summed E-state index contributed by atoms with van der Waals surface area (Å²) in [4.78, 5) is 17.7. The number of amides is 2. The second kappa shape index (κ2) is 7.49. The molecule has 1 saturated heterocycles. The SMILES string of the molecule is CC1CN(Cc2ccccc2)CCC1NC(=O)N1Cc2ccccc2C2(CC2)C1. The number of benzene rings is 2. The smallest absolute Gasteiger partial charge is 0.317 e. The summed E-state index contributed by atoms with van der Waals surface area (Å²) >= 11 is 0. The van der Waals surface area contributed by atoms with E-state index in [1.54, 1.807) is 0 Å². The van der Waals surface area contributed by atoms with Crippen molar-refractivity contribution in [3.05, 3.63) is 71.3 Å². The van der Waals surface area contributed by atoms with Gasteiger partial charge in [-0.2, -0.15) is 0 Å². The van der Waals surface area contributed by atoms with Gasteiger partial charge in [-0.25, -0.2) is 4.79 Å². The van der Waals surface area contributed by atoms with Gasteiger partial charge in [0.2, 0.25) is 0 Å². The van der Waals surface area contributed by atoms with Crippen LogP contribution in [0.2, 0.25) is 0 Å². The van der Waals surface area contributed by atoms with Crippen LogP contribution in [0.25, 0.3) is 0 Å². The molecule has 1 aliphatic carbocycles. The summed E-state index contributed by atoms with van der Waals surface area (Å²) in [6, 6.07) is 19.8. The summed E-state index contributed by atoms with van der Waals surface area (Å²) in [7, 11) is 0. The first-order valence-electron chi connectivity index (χ1n) is 11.0. The first-order chi connectivity index (χ1) is 14.1. The Labute approximate surface area is 173 Å². The van der Waals surface area contributed by atoms with Crippen LogP contribution in [0.15, 0.2) is 54.6 Å². The van der Waals surface area contributed by atoms with Crippen LogP contribution in [0.5, 0.6) is 0 Å². The highest BCUT2D eigenvalue weighted by molar-refractivity contribution is 5.75. The fourth-order valence-electron chi connectivity index (χ4n) is 5.29. The van der Waals surface area contributed by atoms with Crippen molar-refractivity contribution in [2.45, 2.75) is 50.7 Å². The molecule has 0 radical (unpaired) electrons. The van der Waals surface area contributed by atoms with Crippen LogP contribution in [-0.2, 0) is 18.5 Å². The maximum atomic E-state index is 13.1. The van der Waals surface area contributed by atoms with E-state index in [0.717, 1.165) is 39.1 Å². The van der Waals surface area contributed by atoms with Crippen LogP contribution in [0, 0.1) is 5.92 Å². The monoisotopic (exact) mass is 389 g/mol. The van der Waals surface area contributed by atoms with Crippen molar-refractivity contribution in [3.8, 4) is 0 Å². The molecule has 29 heavy (non-hydrogen) atoms. The van der Waals surface area contributed by atoms with E-state index < -0.39 is 0 Å². The van der Waals surface area contributed by atoms with Crippen molar-refractivity contribution in [1.82, 2.24) is 15.1 Å². The number of carbonyl (C=O) groups is 1. The van der Waals surface area contributed by atoms with E-state index in [4.69, 9.17) is 0 Å². The number of likely N-dealkylation sites (tertiary alicyclic amines) is 1. The van der Waals surface area contributed by atoms with Crippen molar-refractivity contribution in [1.29, 1.82) is 0 Å². The first kappa shape index (κ1) is 18.7. The highest BCUT2D eigenvalue weighted by Crippen LogP contribution is 2.52. The van der Waals surface area contributed by atoms with E-state index in [9.17, 15) is 4.79 Å². The zero-order valence-corrected chi connectivity index (χ0v) is 17.3. The van der Waals surface area contributed by atoms with E-state index in [-0.39, 0.29) is 17.5 Å². The maximum absolute atomic E-state index is 13.1. The number of carbonyl (C=O) groups excluding carboxylic acids is 1. The summed E-state index contributed by atoms with van der Waals surface area (Å²) in [5.41, 5.74) is 4.41. The number of piperidine rings is 1. The zero-order valence-electron chi connectivity index (χ0n) is 17.3. The average Bonchev–Trinajstić information content (AvgIpc) is 3.50. The Morgan fingerprint density at radius 1 is 1.10 bits per heavy atom. The Hall–Kier alpha value is -2.33. The number of urea groups is 1. The molecule has 0 aromatic heterocycles. The van der Waals surface area contributed by atoms with Crippen molar-refractivity contribution in [3.63, 3.8) is 0 Å².